The van der Waals surface area contributed by atoms with Crippen LogP contribution >= 0.6 is 0 Å². The zero-order valence-electron chi connectivity index (χ0n) is 20.1. The number of ether oxygens (including phenoxy) is 1. The minimum Gasteiger partial charge on any atom is -0.466 e. The first kappa shape index (κ1) is 26.4. The third-order valence-electron chi connectivity index (χ3n) is 6.12. The van der Waals surface area contributed by atoms with Gasteiger partial charge < -0.3 is 9.64 Å². The van der Waals surface area contributed by atoms with Gasteiger partial charge in [0.25, 0.3) is 0 Å². The molecular weight excluding hydrogens is 426 g/mol. The van der Waals surface area contributed by atoms with E-state index in [4.69, 9.17) is 4.74 Å². The van der Waals surface area contributed by atoms with E-state index in [0.717, 1.165) is 50.0 Å². The summed E-state index contributed by atoms with van der Waals surface area (Å²) < 4.78 is 28.6. The van der Waals surface area contributed by atoms with Gasteiger partial charge in [0, 0.05) is 31.6 Å². The van der Waals surface area contributed by atoms with Crippen molar-refractivity contribution in [3.63, 3.8) is 0 Å². The molecule has 0 unspecified atom stereocenters. The van der Waals surface area contributed by atoms with Crippen molar-refractivity contribution >= 4 is 27.3 Å². The van der Waals surface area contributed by atoms with E-state index in [1.807, 2.05) is 31.2 Å². The number of ketones is 1. The van der Waals surface area contributed by atoms with Crippen molar-refractivity contribution in [3.05, 3.63) is 29.8 Å². The smallest absolute Gasteiger partial charge is 0.309 e. The van der Waals surface area contributed by atoms with E-state index in [1.165, 1.54) is 0 Å². The number of piperidine rings is 1. The van der Waals surface area contributed by atoms with Crippen LogP contribution in [0.4, 0.5) is 5.69 Å². The minimum atomic E-state index is -3.08. The molecule has 0 aliphatic carbocycles. The van der Waals surface area contributed by atoms with Crippen molar-refractivity contribution in [1.29, 1.82) is 0 Å². The van der Waals surface area contributed by atoms with Crippen LogP contribution in [-0.2, 0) is 30.6 Å². The number of hydrogen-bond donors (Lipinski definition) is 0. The third-order valence-corrected chi connectivity index (χ3v) is 8.81. The summed E-state index contributed by atoms with van der Waals surface area (Å²) in [4.78, 5) is 26.5. The zero-order chi connectivity index (χ0) is 23.8. The average molecular weight is 466 g/mol. The number of Topliss-reactive ketones (excluding diaryl/α,β-unsaturated/α-hetero) is 1. The summed E-state index contributed by atoms with van der Waals surface area (Å²) in [6.45, 7) is 9.09. The second-order valence-corrected chi connectivity index (χ2v) is 12.5. The Kier molecular flexibility index (Phi) is 9.74. The molecule has 0 radical (unpaired) electrons. The molecular formula is C25H39NO5S. The van der Waals surface area contributed by atoms with Crippen LogP contribution in [0.25, 0.3) is 0 Å². The molecule has 0 N–H and O–H groups in total. The first-order valence-electron chi connectivity index (χ1n) is 11.8. The summed E-state index contributed by atoms with van der Waals surface area (Å²) in [5.74, 6) is 0.281. The molecule has 1 aromatic carbocycles. The monoisotopic (exact) mass is 465 g/mol. The van der Waals surface area contributed by atoms with Crippen LogP contribution in [-0.4, -0.2) is 50.4 Å². The average Bonchev–Trinajstić information content (AvgIpc) is 2.73. The van der Waals surface area contributed by atoms with Gasteiger partial charge in [-0.2, -0.15) is 0 Å². The number of anilines is 1. The van der Waals surface area contributed by atoms with Crippen molar-refractivity contribution < 1.29 is 22.7 Å². The fourth-order valence-corrected chi connectivity index (χ4v) is 5.07. The van der Waals surface area contributed by atoms with E-state index in [-0.39, 0.29) is 23.4 Å². The van der Waals surface area contributed by atoms with Crippen LogP contribution in [0.15, 0.2) is 24.3 Å². The number of nitrogens with zero attached hydrogens (tertiary/aromatic N) is 1. The van der Waals surface area contributed by atoms with E-state index in [2.05, 4.69) is 4.90 Å². The molecule has 2 rings (SSSR count). The highest BCUT2D eigenvalue weighted by molar-refractivity contribution is 7.92. The van der Waals surface area contributed by atoms with E-state index < -0.39 is 14.6 Å². The molecule has 0 bridgehead atoms. The Hall–Kier alpha value is -1.89. The molecule has 1 saturated heterocycles. The zero-order valence-corrected chi connectivity index (χ0v) is 20.9. The van der Waals surface area contributed by atoms with Crippen LogP contribution in [0.1, 0.15) is 71.8 Å². The van der Waals surface area contributed by atoms with Crippen LogP contribution in [0.2, 0.25) is 0 Å². The van der Waals surface area contributed by atoms with Crippen LogP contribution in [0, 0.1) is 5.92 Å². The van der Waals surface area contributed by atoms with Gasteiger partial charge in [0.15, 0.2) is 9.84 Å². The maximum Gasteiger partial charge on any atom is 0.309 e. The fraction of sp³-hybridized carbons (Fsp3) is 0.680. The standard InChI is InChI=1S/C25H39NO5S/c1-5-31-24(28)21-14-16-26(17-15-21)22-12-10-20(11-13-22)19-23(27)9-7-6-8-18-32(29,30)25(2,3)4/h10-13,21H,5-9,14-19H2,1-4H3. The number of carbonyl (C=O) groups excluding carboxylic acids is 2. The molecule has 1 aliphatic rings. The predicted octanol–water partition coefficient (Wildman–Crippen LogP) is 4.35. The second-order valence-electron chi connectivity index (χ2n) is 9.64. The van der Waals surface area contributed by atoms with Crippen molar-refractivity contribution in [3.8, 4) is 0 Å². The lowest BCUT2D eigenvalue weighted by atomic mass is 9.96. The first-order chi connectivity index (χ1) is 15.0. The van der Waals surface area contributed by atoms with Gasteiger partial charge >= 0.3 is 5.97 Å². The molecule has 0 atom stereocenters. The summed E-state index contributed by atoms with van der Waals surface area (Å²) in [6.07, 6.45) is 4.58. The molecule has 32 heavy (non-hydrogen) atoms. The molecule has 180 valence electrons. The van der Waals surface area contributed by atoms with Gasteiger partial charge in [-0.3, -0.25) is 9.59 Å². The Morgan fingerprint density at radius 1 is 1.03 bits per heavy atom. The van der Waals surface area contributed by atoms with Gasteiger partial charge in [-0.15, -0.1) is 0 Å². The van der Waals surface area contributed by atoms with Gasteiger partial charge in [-0.05, 0) is 71.1 Å². The highest BCUT2D eigenvalue weighted by atomic mass is 32.2. The number of carbonyl (C=O) groups is 2. The third kappa shape index (κ3) is 7.91. The van der Waals surface area contributed by atoms with Gasteiger partial charge in [-0.1, -0.05) is 18.6 Å². The van der Waals surface area contributed by atoms with Gasteiger partial charge in [-0.25, -0.2) is 8.42 Å². The van der Waals surface area contributed by atoms with E-state index in [9.17, 15) is 18.0 Å². The maximum atomic E-state index is 12.3. The molecule has 1 fully saturated rings. The quantitative estimate of drug-likeness (QED) is 0.357. The summed E-state index contributed by atoms with van der Waals surface area (Å²) in [7, 11) is -3.08. The molecule has 0 spiro atoms. The Balaban J connectivity index is 1.70. The molecule has 0 amide bonds. The van der Waals surface area contributed by atoms with E-state index in [1.54, 1.807) is 20.8 Å². The van der Waals surface area contributed by atoms with Crippen LogP contribution in [0.3, 0.4) is 0 Å². The number of benzene rings is 1. The summed E-state index contributed by atoms with van der Waals surface area (Å²) in [5, 5.41) is 0. The Morgan fingerprint density at radius 2 is 1.66 bits per heavy atom. The Bertz CT molecular complexity index is 847. The topological polar surface area (TPSA) is 80.8 Å². The molecule has 1 heterocycles. The van der Waals surface area contributed by atoms with Crippen molar-refractivity contribution in [2.45, 2.75) is 77.4 Å². The number of unbranched alkanes of at least 4 members (excludes halogenated alkanes) is 2. The molecule has 1 aromatic rings. The first-order valence-corrected chi connectivity index (χ1v) is 13.4. The number of esters is 1. The Labute approximate surface area is 193 Å². The summed E-state index contributed by atoms with van der Waals surface area (Å²) >= 11 is 0. The molecule has 6 nitrogen and oxygen atoms in total. The highest BCUT2D eigenvalue weighted by Crippen LogP contribution is 2.25. The number of hydrogen-bond acceptors (Lipinski definition) is 6. The minimum absolute atomic E-state index is 0.00309. The molecule has 0 saturated carbocycles. The largest absolute Gasteiger partial charge is 0.466 e. The fourth-order valence-electron chi connectivity index (χ4n) is 3.87. The van der Waals surface area contributed by atoms with Crippen molar-refractivity contribution in [2.75, 3.05) is 30.3 Å². The van der Waals surface area contributed by atoms with Crippen molar-refractivity contribution in [2.24, 2.45) is 5.92 Å². The molecule has 0 aromatic heterocycles. The normalized spacial score (nSPS) is 15.6. The Morgan fingerprint density at radius 3 is 2.22 bits per heavy atom. The van der Waals surface area contributed by atoms with Gasteiger partial charge in [0.05, 0.1) is 23.0 Å². The highest BCUT2D eigenvalue weighted by Gasteiger charge is 2.28. The molecule has 1 aliphatic heterocycles. The van der Waals surface area contributed by atoms with Gasteiger partial charge in [0.2, 0.25) is 0 Å². The molecule has 7 heteroatoms. The lowest BCUT2D eigenvalue weighted by molar-refractivity contribution is -0.148. The SMILES string of the molecule is CCOC(=O)C1CCN(c2ccc(CC(=O)CCCCCS(=O)(=O)C(C)(C)C)cc2)CC1. The van der Waals surface area contributed by atoms with Crippen LogP contribution in [0.5, 0.6) is 0 Å². The summed E-state index contributed by atoms with van der Waals surface area (Å²) in [5.41, 5.74) is 2.11. The number of rotatable bonds is 11. The maximum absolute atomic E-state index is 12.3. The lowest BCUT2D eigenvalue weighted by Gasteiger charge is -2.32. The van der Waals surface area contributed by atoms with Crippen molar-refractivity contribution in [1.82, 2.24) is 0 Å². The van der Waals surface area contributed by atoms with E-state index >= 15 is 0 Å². The van der Waals surface area contributed by atoms with E-state index in [0.29, 0.717) is 25.9 Å². The number of sulfone groups is 1. The summed E-state index contributed by atoms with van der Waals surface area (Å²) in [6, 6.07) is 8.09. The van der Waals surface area contributed by atoms with Crippen LogP contribution < -0.4 is 4.90 Å². The predicted molar refractivity (Wildman–Crippen MR) is 129 cm³/mol. The van der Waals surface area contributed by atoms with Gasteiger partial charge in [0.1, 0.15) is 5.78 Å². The lowest BCUT2D eigenvalue weighted by Crippen LogP contribution is -2.36. The second kappa shape index (κ2) is 11.8.